The second kappa shape index (κ2) is 50.9. The SMILES string of the molecule is COC(CCC(C)/C=C/C=C/C1CC(O)CC(O)CCCCC(C)CCC(O)CC(O)C/C=C/C=C/C=C/C(O)CC(=O)CC(O)C/C=C/C=C\C(O)CC(O)CC(O)CCC(C)C(O)CC(O)C(C)C(O)/C(C)=C/C=C/C(C)C(O)C(C)C2OC(O)(CC(=O)O1)CC(O)C2C)c1c(O)c(O)cc(O)c1SC. The monoisotopic (exact) mass is 1530 g/mol. The molecule has 1 fully saturated rings. The minimum Gasteiger partial charge on any atom is -0.507 e. The molecule has 0 aromatic heterocycles. The number of fused-ring (bicyclic) bond motifs is 2. The molecule has 0 aliphatic carbocycles. The van der Waals surface area contributed by atoms with Crippen LogP contribution < -0.4 is 0 Å². The summed E-state index contributed by atoms with van der Waals surface area (Å²) in [6, 6.07) is 1.07. The van der Waals surface area contributed by atoms with E-state index >= 15 is 0 Å². The van der Waals surface area contributed by atoms with Gasteiger partial charge in [0.2, 0.25) is 0 Å². The van der Waals surface area contributed by atoms with Gasteiger partial charge in [-0.15, -0.1) is 11.8 Å². The summed E-state index contributed by atoms with van der Waals surface area (Å²) in [4.78, 5) is 26.9. The van der Waals surface area contributed by atoms with Crippen molar-refractivity contribution in [2.24, 2.45) is 41.4 Å². The first-order valence-corrected chi connectivity index (χ1v) is 39.7. The number of rotatable bonds is 9. The number of hydrogen-bond acceptors (Lipinski definition) is 24. The maximum absolute atomic E-state index is 14.0. The molecule has 2 heterocycles. The van der Waals surface area contributed by atoms with E-state index in [4.69, 9.17) is 14.2 Å². The number of ether oxygens (including phenoxy) is 3. The molecule has 25 unspecified atom stereocenters. The molecule has 107 heavy (non-hydrogen) atoms. The van der Waals surface area contributed by atoms with Crippen molar-refractivity contribution >= 4 is 23.5 Å². The average Bonchev–Trinajstić information content (AvgIpc) is 0.790. The molecule has 3 rings (SSSR count). The highest BCUT2D eigenvalue weighted by Crippen LogP contribution is 2.47. The number of carbonyl (C=O) groups excluding carboxylic acids is 2. The maximum Gasteiger partial charge on any atom is 0.311 e. The Morgan fingerprint density at radius 1 is 0.598 bits per heavy atom. The van der Waals surface area contributed by atoms with Crippen molar-refractivity contribution in [2.75, 3.05) is 13.4 Å². The predicted molar refractivity (Wildman–Crippen MR) is 414 cm³/mol. The Kier molecular flexibility index (Phi) is 45.8. The van der Waals surface area contributed by atoms with Crippen LogP contribution in [0.1, 0.15) is 208 Å². The maximum atomic E-state index is 14.0. The lowest BCUT2D eigenvalue weighted by molar-refractivity contribution is -0.302. The van der Waals surface area contributed by atoms with E-state index in [2.05, 4.69) is 6.92 Å². The van der Waals surface area contributed by atoms with Gasteiger partial charge < -0.3 is 106 Å². The predicted octanol–water partition coefficient (Wildman–Crippen LogP) is 9.28. The van der Waals surface area contributed by atoms with Gasteiger partial charge in [0.1, 0.15) is 17.6 Å². The van der Waals surface area contributed by atoms with Gasteiger partial charge in [0.25, 0.3) is 0 Å². The normalized spacial score (nSPS) is 37.9. The van der Waals surface area contributed by atoms with Crippen molar-refractivity contribution in [2.45, 2.75) is 311 Å². The highest BCUT2D eigenvalue weighted by atomic mass is 32.2. The summed E-state index contributed by atoms with van der Waals surface area (Å²) >= 11 is 1.20. The molecule has 0 spiro atoms. The number of cyclic esters (lactones) is 1. The van der Waals surface area contributed by atoms with E-state index < -0.39 is 151 Å². The van der Waals surface area contributed by atoms with Crippen molar-refractivity contribution < 1.29 is 116 Å². The van der Waals surface area contributed by atoms with E-state index in [-0.39, 0.29) is 111 Å². The van der Waals surface area contributed by atoms with Gasteiger partial charge in [-0.1, -0.05) is 165 Å². The molecule has 23 nitrogen and oxygen atoms in total. The number of benzene rings is 1. The second-order valence-corrected chi connectivity index (χ2v) is 31.5. The van der Waals surface area contributed by atoms with Crippen LogP contribution in [0.3, 0.4) is 0 Å². The number of thioether (sulfide) groups is 1. The van der Waals surface area contributed by atoms with Crippen LogP contribution in [-0.2, 0) is 23.8 Å². The number of ketones is 1. The highest BCUT2D eigenvalue weighted by Gasteiger charge is 2.49. The molecule has 2 aliphatic rings. The molecular formula is C83H134O23S. The van der Waals surface area contributed by atoms with Gasteiger partial charge in [-0.25, -0.2) is 0 Å². The lowest BCUT2D eigenvalue weighted by atomic mass is 9.78. The van der Waals surface area contributed by atoms with Gasteiger partial charge in [0, 0.05) is 74.5 Å². The summed E-state index contributed by atoms with van der Waals surface area (Å²) < 4.78 is 17.9. The number of carbonyl (C=O) groups is 2. The third kappa shape index (κ3) is 37.3. The standard InChI is InChI=1S/C83H134O23S/c1-51-24-19-21-32-63(88)44-68(93)46-69(33-22-20-25-52(2)35-39-75(104-9)77-80(102)72(96)48-73(97)82(77)107-10)105-76(99)50-83(103)49-74(98)57(7)81(106-83)58(8)79(101)55(5)27-23-26-54(4)78(100)56(6)71(95)47-70(94)53(3)36-38-65(90)45-67(92)43-62(87)31-18-14-17-30-61(86)42-66(91)41-60(85)29-16-13-11-12-15-28-59(84)40-64(89)37-34-51/h11-18,20,22-23,25-27,29,31,33,48,51-53,55-65,67-71,74-75,78-79,81,84-90,92-98,100-103H,19,21,24,28,30,32,34-47,49-50H2,1-10H3/b13-11+,15-12+,17-14+,25-20+,27-23+,29-16+,31-18-,33-22+,54-26+. The van der Waals surface area contributed by atoms with Gasteiger partial charge in [0.05, 0.1) is 109 Å². The molecule has 25 atom stereocenters. The van der Waals surface area contributed by atoms with Crippen molar-refractivity contribution in [3.8, 4) is 17.2 Å². The van der Waals surface area contributed by atoms with Crippen LogP contribution in [-0.4, -0.2) is 220 Å². The number of aliphatic hydroxyl groups excluding tert-OH is 14. The Morgan fingerprint density at radius 2 is 1.20 bits per heavy atom. The molecule has 1 aromatic rings. The lowest BCUT2D eigenvalue weighted by Gasteiger charge is -2.46. The molecule has 610 valence electrons. The van der Waals surface area contributed by atoms with Gasteiger partial charge in [-0.2, -0.15) is 0 Å². The molecule has 24 heteroatoms. The van der Waals surface area contributed by atoms with Crippen LogP contribution in [0.25, 0.3) is 0 Å². The Labute approximate surface area is 639 Å². The second-order valence-electron chi connectivity index (χ2n) is 30.6. The number of phenols is 3. The highest BCUT2D eigenvalue weighted by molar-refractivity contribution is 7.98. The quantitative estimate of drug-likeness (QED) is 0.0360. The molecule has 2 aliphatic heterocycles. The van der Waals surface area contributed by atoms with E-state index in [0.29, 0.717) is 61.8 Å². The zero-order chi connectivity index (χ0) is 80.1. The fraction of sp³-hybridized carbons (Fsp3) is 0.687. The summed E-state index contributed by atoms with van der Waals surface area (Å²) in [6.07, 6.45) is 16.8. The molecule has 1 aromatic carbocycles. The molecular weight excluding hydrogens is 1400 g/mol. The Balaban J connectivity index is 1.80. The molecule has 0 saturated carbocycles. The molecule has 18 N–H and O–H groups in total. The summed E-state index contributed by atoms with van der Waals surface area (Å²) in [5.41, 5.74) is 0.756. The van der Waals surface area contributed by atoms with Crippen molar-refractivity contribution in [3.63, 3.8) is 0 Å². The summed E-state index contributed by atoms with van der Waals surface area (Å²) in [5, 5.41) is 197. The number of phenolic OH excluding ortho intramolecular Hbond substituents is 3. The van der Waals surface area contributed by atoms with Gasteiger partial charge in [-0.3, -0.25) is 9.59 Å². The molecule has 1 saturated heterocycles. The number of methoxy groups -OCH3 is 1. The summed E-state index contributed by atoms with van der Waals surface area (Å²) in [7, 11) is 1.47. The first-order valence-electron chi connectivity index (χ1n) is 38.5. The zero-order valence-electron chi connectivity index (χ0n) is 64.8. The fourth-order valence-corrected chi connectivity index (χ4v) is 14.5. The van der Waals surface area contributed by atoms with Crippen LogP contribution in [0.5, 0.6) is 17.2 Å². The third-order valence-electron chi connectivity index (χ3n) is 20.8. The van der Waals surface area contributed by atoms with E-state index in [9.17, 15) is 102 Å². The first kappa shape index (κ1) is 96.3. The van der Waals surface area contributed by atoms with Crippen LogP contribution in [0.15, 0.2) is 120 Å². The number of esters is 1. The van der Waals surface area contributed by atoms with Gasteiger partial charge >= 0.3 is 5.97 Å². The summed E-state index contributed by atoms with van der Waals surface area (Å²) in [5.74, 6) is -7.35. The lowest BCUT2D eigenvalue weighted by Crippen LogP contribution is -2.55. The van der Waals surface area contributed by atoms with Crippen molar-refractivity contribution in [1.29, 1.82) is 0 Å². The molecule has 0 radical (unpaired) electrons. The average molecular weight is 1530 g/mol. The number of hydrogen-bond donors (Lipinski definition) is 18. The topological polar surface area (TPSA) is 426 Å². The van der Waals surface area contributed by atoms with E-state index in [0.717, 1.165) is 18.9 Å². The van der Waals surface area contributed by atoms with Crippen molar-refractivity contribution in [3.05, 3.63) is 120 Å². The van der Waals surface area contributed by atoms with Gasteiger partial charge in [0.15, 0.2) is 17.3 Å². The number of Topliss-reactive ketones (excluding diaryl/α,β-unsaturated/α-hetero) is 1. The Bertz CT molecular complexity index is 2980. The van der Waals surface area contributed by atoms with Crippen LogP contribution in [0, 0.1) is 41.4 Å². The summed E-state index contributed by atoms with van der Waals surface area (Å²) in [6.45, 7) is 14.3. The Hall–Kier alpha value is -4.91. The van der Waals surface area contributed by atoms with Gasteiger partial charge in [-0.05, 0) is 126 Å². The van der Waals surface area contributed by atoms with E-state index in [1.165, 1.54) is 31.0 Å². The third-order valence-corrected chi connectivity index (χ3v) is 21.6. The largest absolute Gasteiger partial charge is 0.507 e. The molecule has 2 bridgehead atoms. The zero-order valence-corrected chi connectivity index (χ0v) is 65.6. The smallest absolute Gasteiger partial charge is 0.311 e. The van der Waals surface area contributed by atoms with Crippen LogP contribution >= 0.6 is 11.8 Å². The Morgan fingerprint density at radius 3 is 1.87 bits per heavy atom. The number of allylic oxidation sites excluding steroid dienone is 11. The number of aliphatic hydroxyl groups is 15. The first-order chi connectivity index (χ1) is 50.5. The van der Waals surface area contributed by atoms with Crippen LogP contribution in [0.4, 0.5) is 0 Å². The number of aromatic hydroxyl groups is 3. The fourth-order valence-electron chi connectivity index (χ4n) is 13.7. The minimum atomic E-state index is -2.24. The minimum absolute atomic E-state index is 0.0371. The van der Waals surface area contributed by atoms with E-state index in [1.54, 1.807) is 133 Å². The molecule has 0 amide bonds. The van der Waals surface area contributed by atoms with Crippen molar-refractivity contribution in [1.82, 2.24) is 0 Å². The van der Waals surface area contributed by atoms with E-state index in [1.807, 2.05) is 13.0 Å². The van der Waals surface area contributed by atoms with Crippen LogP contribution in [0.2, 0.25) is 0 Å².